The Labute approximate surface area is 147 Å². The predicted octanol–water partition coefficient (Wildman–Crippen LogP) is 2.94. The first-order valence-electron chi connectivity index (χ1n) is 8.99. The van der Waals surface area contributed by atoms with Gasteiger partial charge in [-0.15, -0.1) is 0 Å². The molecular formula is C20H22N4O. The van der Waals surface area contributed by atoms with Gasteiger partial charge in [-0.3, -0.25) is 4.79 Å². The molecule has 0 radical (unpaired) electrons. The number of aromatic nitrogens is 1. The number of amides is 1. The lowest BCUT2D eigenvalue weighted by molar-refractivity contribution is -0.133. The number of carbonyl (C=O) groups excluding carboxylic acids is 1. The van der Waals surface area contributed by atoms with Crippen molar-refractivity contribution in [3.8, 4) is 6.07 Å². The van der Waals surface area contributed by atoms with Gasteiger partial charge in [-0.2, -0.15) is 5.26 Å². The van der Waals surface area contributed by atoms with Crippen LogP contribution in [0.1, 0.15) is 31.2 Å². The molecule has 5 heteroatoms. The minimum absolute atomic E-state index is 0.223. The van der Waals surface area contributed by atoms with Crippen molar-refractivity contribution in [1.82, 2.24) is 9.88 Å². The lowest BCUT2D eigenvalue weighted by atomic mass is 10.0. The van der Waals surface area contributed by atoms with Crippen LogP contribution in [0.15, 0.2) is 30.3 Å². The third-order valence-corrected chi connectivity index (χ3v) is 5.37. The summed E-state index contributed by atoms with van der Waals surface area (Å²) in [7, 11) is 1.93. The molecule has 1 unspecified atom stereocenters. The zero-order valence-corrected chi connectivity index (χ0v) is 14.5. The number of nitrogens with zero attached hydrogens (tertiary/aromatic N) is 4. The molecule has 2 aromatic rings. The summed E-state index contributed by atoms with van der Waals surface area (Å²) in [6.07, 6.45) is 4.14. The van der Waals surface area contributed by atoms with Crippen LogP contribution in [0.3, 0.4) is 0 Å². The van der Waals surface area contributed by atoms with Crippen LogP contribution in [0.5, 0.6) is 0 Å². The zero-order valence-electron chi connectivity index (χ0n) is 14.5. The van der Waals surface area contributed by atoms with Gasteiger partial charge in [-0.25, -0.2) is 4.98 Å². The molecule has 1 aromatic carbocycles. The molecule has 2 fully saturated rings. The summed E-state index contributed by atoms with van der Waals surface area (Å²) < 4.78 is 0. The number of para-hydroxylation sites is 1. The predicted molar refractivity (Wildman–Crippen MR) is 97.2 cm³/mol. The molecule has 1 amide bonds. The van der Waals surface area contributed by atoms with Crippen LogP contribution >= 0.6 is 0 Å². The van der Waals surface area contributed by atoms with Gasteiger partial charge >= 0.3 is 0 Å². The van der Waals surface area contributed by atoms with Crippen molar-refractivity contribution in [3.05, 3.63) is 35.9 Å². The Kier molecular flexibility index (Phi) is 4.04. The van der Waals surface area contributed by atoms with Crippen LogP contribution in [0, 0.1) is 17.2 Å². The average molecular weight is 334 g/mol. The quantitative estimate of drug-likeness (QED) is 0.866. The van der Waals surface area contributed by atoms with Crippen LogP contribution in [0.2, 0.25) is 0 Å². The molecule has 4 rings (SSSR count). The number of hydrogen-bond donors (Lipinski definition) is 0. The SMILES string of the molecule is CN(C(=O)C1CC1)C1CCCN(c2cc(C#N)c3ccccc3n2)C1. The van der Waals surface area contributed by atoms with Gasteiger partial charge in [0, 0.05) is 37.5 Å². The smallest absolute Gasteiger partial charge is 0.225 e. The molecule has 128 valence electrons. The van der Waals surface area contributed by atoms with Crippen LogP contribution in [-0.4, -0.2) is 42.0 Å². The minimum atomic E-state index is 0.223. The van der Waals surface area contributed by atoms with Crippen LogP contribution in [0.25, 0.3) is 10.9 Å². The summed E-state index contributed by atoms with van der Waals surface area (Å²) in [5, 5.41) is 10.4. The second-order valence-corrected chi connectivity index (χ2v) is 7.12. The third kappa shape index (κ3) is 3.05. The molecule has 1 saturated carbocycles. The van der Waals surface area contributed by atoms with Crippen molar-refractivity contribution in [3.63, 3.8) is 0 Å². The molecule has 1 aliphatic carbocycles. The van der Waals surface area contributed by atoms with E-state index in [1.54, 1.807) is 0 Å². The van der Waals surface area contributed by atoms with Gasteiger partial charge in [0.2, 0.25) is 5.91 Å². The lowest BCUT2D eigenvalue weighted by Crippen LogP contribution is -2.49. The molecule has 25 heavy (non-hydrogen) atoms. The summed E-state index contributed by atoms with van der Waals surface area (Å²) in [4.78, 5) is 21.3. The highest BCUT2D eigenvalue weighted by atomic mass is 16.2. The topological polar surface area (TPSA) is 60.2 Å². The lowest BCUT2D eigenvalue weighted by Gasteiger charge is -2.38. The van der Waals surface area contributed by atoms with Crippen molar-refractivity contribution >= 4 is 22.6 Å². The molecule has 0 N–H and O–H groups in total. The third-order valence-electron chi connectivity index (χ3n) is 5.37. The second kappa shape index (κ2) is 6.36. The van der Waals surface area contributed by atoms with E-state index in [4.69, 9.17) is 4.98 Å². The molecule has 0 bridgehead atoms. The van der Waals surface area contributed by atoms with Gasteiger partial charge in [0.15, 0.2) is 0 Å². The number of piperidine rings is 1. The maximum atomic E-state index is 12.4. The van der Waals surface area contributed by atoms with Crippen molar-refractivity contribution in [2.24, 2.45) is 5.92 Å². The van der Waals surface area contributed by atoms with Crippen molar-refractivity contribution in [2.75, 3.05) is 25.0 Å². The Morgan fingerprint density at radius 1 is 1.32 bits per heavy atom. The summed E-state index contributed by atoms with van der Waals surface area (Å²) in [6.45, 7) is 1.70. The van der Waals surface area contributed by atoms with Crippen LogP contribution < -0.4 is 4.90 Å². The maximum Gasteiger partial charge on any atom is 0.225 e. The number of fused-ring (bicyclic) bond motifs is 1. The summed E-state index contributed by atoms with van der Waals surface area (Å²) >= 11 is 0. The van der Waals surface area contributed by atoms with Crippen molar-refractivity contribution in [1.29, 1.82) is 5.26 Å². The fourth-order valence-corrected chi connectivity index (χ4v) is 3.69. The molecule has 0 spiro atoms. The highest BCUT2D eigenvalue weighted by Gasteiger charge is 2.36. The van der Waals surface area contributed by atoms with Gasteiger partial charge in [-0.05, 0) is 37.8 Å². The molecule has 1 saturated heterocycles. The normalized spacial score (nSPS) is 20.3. The summed E-state index contributed by atoms with van der Waals surface area (Å²) in [5.74, 6) is 1.38. The van der Waals surface area contributed by atoms with E-state index in [9.17, 15) is 10.1 Å². The van der Waals surface area contributed by atoms with E-state index >= 15 is 0 Å². The van der Waals surface area contributed by atoms with Crippen LogP contribution in [0.4, 0.5) is 5.82 Å². The number of nitriles is 1. The summed E-state index contributed by atoms with van der Waals surface area (Å²) in [6, 6.07) is 12.2. The fourth-order valence-electron chi connectivity index (χ4n) is 3.69. The summed E-state index contributed by atoms with van der Waals surface area (Å²) in [5.41, 5.74) is 1.51. The number of hydrogen-bond acceptors (Lipinski definition) is 4. The molecule has 1 aliphatic heterocycles. The highest BCUT2D eigenvalue weighted by molar-refractivity contribution is 5.86. The van der Waals surface area contributed by atoms with E-state index in [1.807, 2.05) is 42.3 Å². The van der Waals surface area contributed by atoms with E-state index < -0.39 is 0 Å². The second-order valence-electron chi connectivity index (χ2n) is 7.12. The monoisotopic (exact) mass is 334 g/mol. The Morgan fingerprint density at radius 2 is 2.12 bits per heavy atom. The van der Waals surface area contributed by atoms with E-state index in [1.165, 1.54) is 0 Å². The number of pyridine rings is 1. The van der Waals surface area contributed by atoms with Gasteiger partial charge in [0.05, 0.1) is 17.1 Å². The number of carbonyl (C=O) groups is 1. The zero-order chi connectivity index (χ0) is 17.4. The Hall–Kier alpha value is -2.61. The van der Waals surface area contributed by atoms with Crippen molar-refractivity contribution < 1.29 is 4.79 Å². The fraction of sp³-hybridized carbons (Fsp3) is 0.450. The minimum Gasteiger partial charge on any atom is -0.354 e. The number of likely N-dealkylation sites (N-methyl/N-ethyl adjacent to an activating group) is 1. The molecule has 5 nitrogen and oxygen atoms in total. The van der Waals surface area contributed by atoms with Crippen LogP contribution in [-0.2, 0) is 4.79 Å². The first-order valence-corrected chi connectivity index (χ1v) is 8.99. The molecule has 1 atom stereocenters. The van der Waals surface area contributed by atoms with E-state index in [0.29, 0.717) is 5.56 Å². The molecule has 2 heterocycles. The van der Waals surface area contributed by atoms with E-state index in [2.05, 4.69) is 11.0 Å². The molecular weight excluding hydrogens is 312 g/mol. The standard InChI is InChI=1S/C20H22N4O/c1-23(20(25)14-8-9-14)16-5-4-10-24(13-16)19-11-15(12-21)17-6-2-3-7-18(17)22-19/h2-3,6-7,11,14,16H,4-5,8-10,13H2,1H3. The highest BCUT2D eigenvalue weighted by Crippen LogP contribution is 2.32. The van der Waals surface area contributed by atoms with Gasteiger partial charge < -0.3 is 9.80 Å². The number of benzene rings is 1. The Balaban J connectivity index is 1.60. The van der Waals surface area contributed by atoms with E-state index in [0.717, 1.165) is 55.5 Å². The maximum absolute atomic E-state index is 12.4. The van der Waals surface area contributed by atoms with Gasteiger partial charge in [0.25, 0.3) is 0 Å². The van der Waals surface area contributed by atoms with Gasteiger partial charge in [0.1, 0.15) is 5.82 Å². The van der Waals surface area contributed by atoms with Crippen molar-refractivity contribution in [2.45, 2.75) is 31.7 Å². The first-order chi connectivity index (χ1) is 12.2. The number of rotatable bonds is 3. The van der Waals surface area contributed by atoms with E-state index in [-0.39, 0.29) is 17.9 Å². The largest absolute Gasteiger partial charge is 0.354 e. The Morgan fingerprint density at radius 3 is 2.88 bits per heavy atom. The van der Waals surface area contributed by atoms with Gasteiger partial charge in [-0.1, -0.05) is 18.2 Å². The Bertz CT molecular complexity index is 852. The molecule has 1 aromatic heterocycles. The average Bonchev–Trinajstić information content (AvgIpc) is 3.51. The molecule has 2 aliphatic rings. The number of anilines is 1. The first kappa shape index (κ1) is 15.9.